The van der Waals surface area contributed by atoms with Gasteiger partial charge in [0.25, 0.3) is 0 Å². The van der Waals surface area contributed by atoms with Crippen LogP contribution in [0.15, 0.2) is 35.2 Å². The third-order valence-electron chi connectivity index (χ3n) is 2.10. The lowest BCUT2D eigenvalue weighted by molar-refractivity contribution is 0.0331. The molecule has 1 unspecified atom stereocenters. The molecule has 96 valence electrons. The number of rotatable bonds is 5. The smallest absolute Gasteiger partial charge is 0.352 e. The molecule has 7 heteroatoms. The fourth-order valence-corrected chi connectivity index (χ4v) is 2.59. The fourth-order valence-electron chi connectivity index (χ4n) is 1.21. The molecule has 0 aromatic heterocycles. The van der Waals surface area contributed by atoms with Crippen molar-refractivity contribution in [2.45, 2.75) is 22.7 Å². The van der Waals surface area contributed by atoms with Crippen molar-refractivity contribution in [3.63, 3.8) is 0 Å². The van der Waals surface area contributed by atoms with Crippen molar-refractivity contribution in [2.75, 3.05) is 5.88 Å². The SMILES string of the molecule is O=S(=O)(c1ccccc1)C(F)(F)CC(O)CCl. The fraction of sp³-hybridized carbons (Fsp3) is 0.400. The maximum absolute atomic E-state index is 13.5. The summed E-state index contributed by atoms with van der Waals surface area (Å²) in [5.74, 6) is -0.445. The van der Waals surface area contributed by atoms with Crippen molar-refractivity contribution in [3.05, 3.63) is 30.3 Å². The molecule has 1 atom stereocenters. The van der Waals surface area contributed by atoms with Gasteiger partial charge in [0.05, 0.1) is 17.4 Å². The van der Waals surface area contributed by atoms with Gasteiger partial charge in [0.1, 0.15) is 0 Å². The predicted octanol–water partition coefficient (Wildman–Crippen LogP) is 2.04. The Bertz CT molecular complexity index is 462. The van der Waals surface area contributed by atoms with Crippen LogP contribution in [0.2, 0.25) is 0 Å². The Kier molecular flexibility index (Phi) is 4.46. The number of benzene rings is 1. The largest absolute Gasteiger partial charge is 0.392 e. The summed E-state index contributed by atoms with van der Waals surface area (Å²) in [6.07, 6.45) is -2.78. The van der Waals surface area contributed by atoms with Crippen molar-refractivity contribution in [3.8, 4) is 0 Å². The molecule has 0 spiro atoms. The van der Waals surface area contributed by atoms with Crippen LogP contribution >= 0.6 is 11.6 Å². The monoisotopic (exact) mass is 284 g/mol. The summed E-state index contributed by atoms with van der Waals surface area (Å²) in [4.78, 5) is -0.480. The molecule has 1 aromatic carbocycles. The first-order chi connectivity index (χ1) is 7.81. The number of aliphatic hydroxyl groups excluding tert-OH is 1. The number of alkyl halides is 3. The van der Waals surface area contributed by atoms with Gasteiger partial charge >= 0.3 is 5.25 Å². The Morgan fingerprint density at radius 3 is 2.29 bits per heavy atom. The minimum atomic E-state index is -4.80. The molecule has 1 N–H and O–H groups in total. The zero-order valence-corrected chi connectivity index (χ0v) is 10.3. The van der Waals surface area contributed by atoms with Crippen LogP contribution in [0.25, 0.3) is 0 Å². The Morgan fingerprint density at radius 1 is 1.29 bits per heavy atom. The van der Waals surface area contributed by atoms with Gasteiger partial charge in [-0.2, -0.15) is 8.78 Å². The average molecular weight is 285 g/mol. The summed E-state index contributed by atoms with van der Waals surface area (Å²) < 4.78 is 50.2. The van der Waals surface area contributed by atoms with Crippen molar-refractivity contribution in [2.24, 2.45) is 0 Å². The molecule has 0 bridgehead atoms. The highest BCUT2D eigenvalue weighted by atomic mass is 35.5. The molecule has 0 aliphatic rings. The van der Waals surface area contributed by atoms with Crippen LogP contribution in [0, 0.1) is 0 Å². The topological polar surface area (TPSA) is 54.4 Å². The van der Waals surface area contributed by atoms with Crippen molar-refractivity contribution < 1.29 is 22.3 Å². The summed E-state index contributed by atoms with van der Waals surface area (Å²) in [6.45, 7) is 0. The lowest BCUT2D eigenvalue weighted by Gasteiger charge is -2.19. The number of aliphatic hydroxyl groups is 1. The second kappa shape index (κ2) is 5.29. The molecule has 0 radical (unpaired) electrons. The number of sulfone groups is 1. The highest BCUT2D eigenvalue weighted by molar-refractivity contribution is 7.92. The zero-order chi connectivity index (χ0) is 13.1. The molecule has 3 nitrogen and oxygen atoms in total. The molecular formula is C10H11ClF2O3S. The molecule has 1 aromatic rings. The first-order valence-corrected chi connectivity index (χ1v) is 6.74. The predicted molar refractivity (Wildman–Crippen MR) is 59.9 cm³/mol. The second-order valence-corrected chi connectivity index (χ2v) is 5.85. The summed E-state index contributed by atoms with van der Waals surface area (Å²) in [6, 6.07) is 6.37. The summed E-state index contributed by atoms with van der Waals surface area (Å²) >= 11 is 5.18. The molecule has 0 saturated carbocycles. The first-order valence-electron chi connectivity index (χ1n) is 4.73. The van der Waals surface area contributed by atoms with E-state index in [2.05, 4.69) is 0 Å². The zero-order valence-electron chi connectivity index (χ0n) is 8.68. The normalized spacial score (nSPS) is 14.6. The highest BCUT2D eigenvalue weighted by Crippen LogP contribution is 2.33. The van der Waals surface area contributed by atoms with Gasteiger partial charge in [0.15, 0.2) is 0 Å². The molecule has 0 fully saturated rings. The molecular weight excluding hydrogens is 274 g/mol. The molecule has 1 rings (SSSR count). The van der Waals surface area contributed by atoms with E-state index in [0.717, 1.165) is 12.1 Å². The van der Waals surface area contributed by atoms with Gasteiger partial charge in [0, 0.05) is 5.88 Å². The summed E-state index contributed by atoms with van der Waals surface area (Å²) in [5.41, 5.74) is 0. The Balaban J connectivity index is 3.06. The van der Waals surface area contributed by atoms with Gasteiger partial charge in [-0.15, -0.1) is 11.6 Å². The molecule has 0 amide bonds. The molecule has 0 aliphatic carbocycles. The maximum atomic E-state index is 13.5. The maximum Gasteiger partial charge on any atom is 0.352 e. The van der Waals surface area contributed by atoms with Crippen LogP contribution in [-0.2, 0) is 9.84 Å². The van der Waals surface area contributed by atoms with Crippen LogP contribution in [0.1, 0.15) is 6.42 Å². The van der Waals surface area contributed by atoms with E-state index in [9.17, 15) is 17.2 Å². The number of halogens is 3. The second-order valence-electron chi connectivity index (χ2n) is 3.47. The van der Waals surface area contributed by atoms with Crippen LogP contribution in [0.5, 0.6) is 0 Å². The number of hydrogen-bond donors (Lipinski definition) is 1. The molecule has 0 aliphatic heterocycles. The Morgan fingerprint density at radius 2 is 1.82 bits per heavy atom. The lowest BCUT2D eigenvalue weighted by atomic mass is 10.3. The third kappa shape index (κ3) is 3.14. The van der Waals surface area contributed by atoms with Crippen LogP contribution in [0.3, 0.4) is 0 Å². The molecule has 17 heavy (non-hydrogen) atoms. The Labute approximate surface area is 103 Å². The standard InChI is InChI=1S/C10H11ClF2O3S/c11-7-8(14)6-10(12,13)17(15,16)9-4-2-1-3-5-9/h1-5,8,14H,6-7H2. The minimum absolute atomic E-state index is 0.445. The summed E-state index contributed by atoms with van der Waals surface area (Å²) in [7, 11) is -4.80. The van der Waals surface area contributed by atoms with Crippen LogP contribution < -0.4 is 0 Å². The average Bonchev–Trinajstić information content (AvgIpc) is 2.29. The van der Waals surface area contributed by atoms with E-state index < -0.39 is 38.4 Å². The van der Waals surface area contributed by atoms with Crippen molar-refractivity contribution in [1.82, 2.24) is 0 Å². The quantitative estimate of drug-likeness (QED) is 0.842. The lowest BCUT2D eigenvalue weighted by Crippen LogP contribution is -2.33. The van der Waals surface area contributed by atoms with E-state index in [4.69, 9.17) is 16.7 Å². The van der Waals surface area contributed by atoms with Crippen molar-refractivity contribution in [1.29, 1.82) is 0 Å². The van der Waals surface area contributed by atoms with E-state index in [1.165, 1.54) is 18.2 Å². The van der Waals surface area contributed by atoms with Gasteiger partial charge in [-0.3, -0.25) is 0 Å². The van der Waals surface area contributed by atoms with E-state index in [1.807, 2.05) is 0 Å². The van der Waals surface area contributed by atoms with Crippen LogP contribution in [0.4, 0.5) is 8.78 Å². The van der Waals surface area contributed by atoms with Gasteiger partial charge < -0.3 is 5.11 Å². The highest BCUT2D eigenvalue weighted by Gasteiger charge is 2.47. The number of hydrogen-bond acceptors (Lipinski definition) is 3. The Hall–Kier alpha value is -0.720. The van der Waals surface area contributed by atoms with Gasteiger partial charge in [0.2, 0.25) is 9.84 Å². The molecule has 0 heterocycles. The van der Waals surface area contributed by atoms with Crippen molar-refractivity contribution >= 4 is 21.4 Å². The van der Waals surface area contributed by atoms with E-state index in [1.54, 1.807) is 0 Å². The van der Waals surface area contributed by atoms with Gasteiger partial charge in [-0.05, 0) is 12.1 Å². The summed E-state index contributed by atoms with van der Waals surface area (Å²) in [5, 5.41) is 4.99. The first kappa shape index (κ1) is 14.3. The third-order valence-corrected chi connectivity index (χ3v) is 4.30. The van der Waals surface area contributed by atoms with E-state index in [-0.39, 0.29) is 0 Å². The van der Waals surface area contributed by atoms with Gasteiger partial charge in [-0.25, -0.2) is 8.42 Å². The molecule has 0 saturated heterocycles. The minimum Gasteiger partial charge on any atom is -0.392 e. The van der Waals surface area contributed by atoms with E-state index >= 15 is 0 Å². The van der Waals surface area contributed by atoms with Crippen LogP contribution in [-0.4, -0.2) is 30.8 Å². The van der Waals surface area contributed by atoms with Gasteiger partial charge in [-0.1, -0.05) is 18.2 Å². The van der Waals surface area contributed by atoms with E-state index in [0.29, 0.717) is 0 Å².